The van der Waals surface area contributed by atoms with E-state index in [1.807, 2.05) is 30.3 Å². The van der Waals surface area contributed by atoms with Gasteiger partial charge in [-0.15, -0.1) is 0 Å². The maximum Gasteiger partial charge on any atom is 0.240 e. The average Bonchev–Trinajstić information content (AvgIpc) is 2.95. The molecular formula is C20H22N2O3S. The van der Waals surface area contributed by atoms with Gasteiger partial charge in [0.2, 0.25) is 5.91 Å². The molecule has 0 unspecified atom stereocenters. The summed E-state index contributed by atoms with van der Waals surface area (Å²) in [4.78, 5) is 13.2. The van der Waals surface area contributed by atoms with Gasteiger partial charge in [-0.3, -0.25) is 10.1 Å². The molecule has 0 radical (unpaired) electrons. The van der Waals surface area contributed by atoms with Crippen LogP contribution in [0.2, 0.25) is 0 Å². The number of hydrogen-bond acceptors (Lipinski definition) is 4. The number of carbonyl (C=O) groups is 1. The largest absolute Gasteiger partial charge is 0.354 e. The Hall–Kier alpha value is -2.18. The zero-order valence-corrected chi connectivity index (χ0v) is 15.2. The van der Waals surface area contributed by atoms with E-state index in [4.69, 9.17) is 0 Å². The predicted octanol–water partition coefficient (Wildman–Crippen LogP) is 1.69. The molecule has 2 aliphatic heterocycles. The summed E-state index contributed by atoms with van der Waals surface area (Å²) >= 11 is 0. The summed E-state index contributed by atoms with van der Waals surface area (Å²) in [5, 5.41) is 5.75. The minimum absolute atomic E-state index is 0.102. The molecule has 1 amide bonds. The van der Waals surface area contributed by atoms with Gasteiger partial charge in [-0.1, -0.05) is 48.5 Å². The molecule has 2 N–H and O–H groups in total. The van der Waals surface area contributed by atoms with Crippen molar-refractivity contribution in [2.75, 3.05) is 6.54 Å². The molecule has 2 fully saturated rings. The minimum atomic E-state index is -3.51. The number of nitrogens with one attached hydrogen (secondary N) is 2. The molecule has 0 aliphatic carbocycles. The number of sulfone groups is 1. The van der Waals surface area contributed by atoms with Crippen LogP contribution in [0.15, 0.2) is 65.6 Å². The fourth-order valence-corrected chi connectivity index (χ4v) is 6.20. The number of fused-ring (bicyclic) bond motifs is 2. The first kappa shape index (κ1) is 17.2. The van der Waals surface area contributed by atoms with E-state index in [9.17, 15) is 13.2 Å². The van der Waals surface area contributed by atoms with Crippen LogP contribution in [-0.4, -0.2) is 37.7 Å². The zero-order chi connectivity index (χ0) is 18.2. The molecule has 2 saturated heterocycles. The van der Waals surface area contributed by atoms with Gasteiger partial charge in [0.25, 0.3) is 0 Å². The normalized spacial score (nSPS) is 28.4. The number of hydrogen-bond donors (Lipinski definition) is 2. The molecule has 2 heterocycles. The highest BCUT2D eigenvalue weighted by Gasteiger charge is 2.55. The maximum absolute atomic E-state index is 13.2. The Morgan fingerprint density at radius 1 is 1.00 bits per heavy atom. The molecule has 136 valence electrons. The Labute approximate surface area is 153 Å². The van der Waals surface area contributed by atoms with Crippen LogP contribution in [0.3, 0.4) is 0 Å². The summed E-state index contributed by atoms with van der Waals surface area (Å²) in [5.74, 6) is -0.102. The summed E-state index contributed by atoms with van der Waals surface area (Å²) < 4.78 is 26.4. The van der Waals surface area contributed by atoms with Crippen molar-refractivity contribution in [2.45, 2.75) is 41.0 Å². The highest BCUT2D eigenvalue weighted by molar-refractivity contribution is 7.92. The molecule has 6 heteroatoms. The van der Waals surface area contributed by atoms with E-state index in [1.165, 1.54) is 0 Å². The predicted molar refractivity (Wildman–Crippen MR) is 99.5 cm³/mol. The number of carbonyl (C=O) groups excluding carboxylic acids is 1. The van der Waals surface area contributed by atoms with Crippen LogP contribution >= 0.6 is 0 Å². The third-order valence-corrected chi connectivity index (χ3v) is 7.68. The summed E-state index contributed by atoms with van der Waals surface area (Å²) in [6.45, 7) is 0.494. The van der Waals surface area contributed by atoms with Crippen molar-refractivity contribution in [1.82, 2.24) is 10.6 Å². The Kier molecular flexibility index (Phi) is 4.32. The monoisotopic (exact) mass is 370 g/mol. The molecule has 2 aromatic carbocycles. The van der Waals surface area contributed by atoms with E-state index < -0.39 is 20.6 Å². The Morgan fingerprint density at radius 3 is 2.35 bits per heavy atom. The number of rotatable bonds is 4. The van der Waals surface area contributed by atoms with Gasteiger partial charge < -0.3 is 5.32 Å². The molecule has 26 heavy (non-hydrogen) atoms. The second kappa shape index (κ2) is 6.52. The smallest absolute Gasteiger partial charge is 0.240 e. The number of amides is 1. The Bertz CT molecular complexity index is 899. The molecule has 0 aromatic heterocycles. The van der Waals surface area contributed by atoms with E-state index in [-0.39, 0.29) is 18.4 Å². The molecule has 0 saturated carbocycles. The quantitative estimate of drug-likeness (QED) is 0.859. The third-order valence-electron chi connectivity index (χ3n) is 5.45. The molecule has 4 rings (SSSR count). The maximum atomic E-state index is 13.2. The molecule has 2 aliphatic rings. The van der Waals surface area contributed by atoms with Crippen molar-refractivity contribution in [3.63, 3.8) is 0 Å². The highest BCUT2D eigenvalue weighted by atomic mass is 32.2. The second-order valence-corrected chi connectivity index (χ2v) is 9.31. The Balaban J connectivity index is 1.71. The zero-order valence-electron chi connectivity index (χ0n) is 14.4. The molecular weight excluding hydrogens is 348 g/mol. The van der Waals surface area contributed by atoms with Gasteiger partial charge in [0.05, 0.1) is 10.1 Å². The first-order chi connectivity index (χ1) is 12.5. The summed E-state index contributed by atoms with van der Waals surface area (Å²) in [6.07, 6.45) is 1.38. The fraction of sp³-hybridized carbons (Fsp3) is 0.350. The summed E-state index contributed by atoms with van der Waals surface area (Å²) in [7, 11) is -3.51. The lowest BCUT2D eigenvalue weighted by Gasteiger charge is -2.28. The first-order valence-corrected chi connectivity index (χ1v) is 10.4. The van der Waals surface area contributed by atoms with Crippen LogP contribution in [0.25, 0.3) is 0 Å². The number of benzene rings is 2. The van der Waals surface area contributed by atoms with Gasteiger partial charge in [-0.25, -0.2) is 8.42 Å². The fourth-order valence-electron chi connectivity index (χ4n) is 4.18. The van der Waals surface area contributed by atoms with Gasteiger partial charge in [0.15, 0.2) is 9.84 Å². The van der Waals surface area contributed by atoms with Crippen LogP contribution < -0.4 is 10.6 Å². The van der Waals surface area contributed by atoms with Crippen molar-refractivity contribution >= 4 is 15.7 Å². The summed E-state index contributed by atoms with van der Waals surface area (Å²) in [6, 6.07) is 18.1. The third kappa shape index (κ3) is 2.93. The van der Waals surface area contributed by atoms with E-state index >= 15 is 0 Å². The van der Waals surface area contributed by atoms with Crippen molar-refractivity contribution in [1.29, 1.82) is 0 Å². The highest BCUT2D eigenvalue weighted by Crippen LogP contribution is 2.37. The lowest BCUT2D eigenvalue weighted by atomic mass is 9.88. The van der Waals surface area contributed by atoms with Crippen molar-refractivity contribution in [3.05, 3.63) is 66.2 Å². The van der Waals surface area contributed by atoms with Crippen LogP contribution in [-0.2, 0) is 21.1 Å². The van der Waals surface area contributed by atoms with Gasteiger partial charge in [-0.2, -0.15) is 0 Å². The van der Waals surface area contributed by atoms with Gasteiger partial charge >= 0.3 is 0 Å². The van der Waals surface area contributed by atoms with Crippen LogP contribution in [0.5, 0.6) is 0 Å². The van der Waals surface area contributed by atoms with E-state index in [2.05, 4.69) is 10.6 Å². The summed E-state index contributed by atoms with van der Waals surface area (Å²) in [5.41, 5.74) is 0.142. The topological polar surface area (TPSA) is 75.3 Å². The van der Waals surface area contributed by atoms with Crippen molar-refractivity contribution in [3.8, 4) is 0 Å². The van der Waals surface area contributed by atoms with Crippen LogP contribution in [0.1, 0.15) is 18.4 Å². The minimum Gasteiger partial charge on any atom is -0.354 e. The van der Waals surface area contributed by atoms with E-state index in [1.54, 1.807) is 30.3 Å². The van der Waals surface area contributed by atoms with Crippen LogP contribution in [0, 0.1) is 0 Å². The van der Waals surface area contributed by atoms with E-state index in [0.717, 1.165) is 5.56 Å². The van der Waals surface area contributed by atoms with Gasteiger partial charge in [0, 0.05) is 12.6 Å². The second-order valence-electron chi connectivity index (χ2n) is 7.14. The average molecular weight is 370 g/mol. The lowest BCUT2D eigenvalue weighted by Crippen LogP contribution is -2.54. The van der Waals surface area contributed by atoms with Crippen LogP contribution in [0.4, 0.5) is 0 Å². The van der Waals surface area contributed by atoms with Crippen molar-refractivity contribution in [2.24, 2.45) is 0 Å². The lowest BCUT2D eigenvalue weighted by molar-refractivity contribution is -0.126. The molecule has 2 bridgehead atoms. The SMILES string of the molecule is O=C1NCC[C@@H]2N[C@@]1(Cc1ccccc1)C[C@H]2S(=O)(=O)c1ccccc1. The Morgan fingerprint density at radius 2 is 1.65 bits per heavy atom. The first-order valence-electron chi connectivity index (χ1n) is 8.90. The molecule has 5 nitrogen and oxygen atoms in total. The van der Waals surface area contributed by atoms with Gasteiger partial charge in [0.1, 0.15) is 5.54 Å². The van der Waals surface area contributed by atoms with Crippen molar-refractivity contribution < 1.29 is 13.2 Å². The van der Waals surface area contributed by atoms with Gasteiger partial charge in [-0.05, 0) is 37.0 Å². The van der Waals surface area contributed by atoms with E-state index in [0.29, 0.717) is 24.3 Å². The standard InChI is InChI=1S/C20H22N2O3S/c23-19-20(13-15-7-3-1-4-8-15)14-18(17(22-20)11-12-21-19)26(24,25)16-9-5-2-6-10-16/h1-10,17-18,22H,11-14H2,(H,21,23)/t17-,18+,20-/m0/s1. The molecule has 0 spiro atoms. The molecule has 2 aromatic rings. The molecule has 3 atom stereocenters.